The maximum atomic E-state index is 12.8. The van der Waals surface area contributed by atoms with Gasteiger partial charge >= 0.3 is 12.0 Å². The van der Waals surface area contributed by atoms with Crippen LogP contribution in [-0.2, 0) is 9.53 Å². The van der Waals surface area contributed by atoms with Gasteiger partial charge in [-0.05, 0) is 62.7 Å². The van der Waals surface area contributed by atoms with Crippen molar-refractivity contribution in [3.05, 3.63) is 70.9 Å². The minimum absolute atomic E-state index is 0.289. The molecule has 0 aromatic heterocycles. The number of amides is 3. The molecule has 1 aliphatic heterocycles. The van der Waals surface area contributed by atoms with Crippen molar-refractivity contribution in [2.75, 3.05) is 19.5 Å². The summed E-state index contributed by atoms with van der Waals surface area (Å²) in [6.45, 7) is 5.24. The van der Waals surface area contributed by atoms with Crippen molar-refractivity contribution in [3.63, 3.8) is 0 Å². The third-order valence-corrected chi connectivity index (χ3v) is 5.15. The Morgan fingerprint density at radius 2 is 1.81 bits per heavy atom. The van der Waals surface area contributed by atoms with Gasteiger partial charge in [0.1, 0.15) is 5.75 Å². The van der Waals surface area contributed by atoms with E-state index in [1.807, 2.05) is 0 Å². The molecule has 3 rings (SSSR count). The van der Waals surface area contributed by atoms with Gasteiger partial charge in [-0.25, -0.2) is 9.59 Å². The summed E-state index contributed by atoms with van der Waals surface area (Å²) in [5.41, 5.74) is 2.51. The number of carbonyl (C=O) groups is 3. The number of rotatable bonds is 6. The Hall–Kier alpha value is -3.81. The average Bonchev–Trinajstić information content (AvgIpc) is 2.76. The zero-order valence-corrected chi connectivity index (χ0v) is 18.8. The smallest absolute Gasteiger partial charge is 0.338 e. The van der Waals surface area contributed by atoms with Crippen molar-refractivity contribution in [2.24, 2.45) is 0 Å². The lowest BCUT2D eigenvalue weighted by atomic mass is 9.94. The molecule has 2 N–H and O–H groups in total. The van der Waals surface area contributed by atoms with E-state index in [-0.39, 0.29) is 18.0 Å². The third kappa shape index (κ3) is 4.91. The fourth-order valence-corrected chi connectivity index (χ4v) is 3.37. The number of benzene rings is 2. The minimum atomic E-state index is -0.706. The number of esters is 1. The second kappa shape index (κ2) is 9.55. The molecule has 0 fully saturated rings. The number of allylic oxidation sites excluding steroid dienone is 1. The van der Waals surface area contributed by atoms with E-state index in [2.05, 4.69) is 10.6 Å². The highest BCUT2D eigenvalue weighted by atomic mass is 16.5. The first-order valence-electron chi connectivity index (χ1n) is 10.2. The van der Waals surface area contributed by atoms with Crippen LogP contribution in [0.4, 0.5) is 10.5 Å². The van der Waals surface area contributed by atoms with E-state index in [1.54, 1.807) is 83.5 Å². The minimum Gasteiger partial charge on any atom is -0.497 e. The van der Waals surface area contributed by atoms with Gasteiger partial charge in [0, 0.05) is 24.0 Å². The Balaban J connectivity index is 1.89. The van der Waals surface area contributed by atoms with Crippen LogP contribution in [0.5, 0.6) is 5.75 Å². The predicted octanol–water partition coefficient (Wildman–Crippen LogP) is 3.87. The Bertz CT molecular complexity index is 1060. The molecule has 32 heavy (non-hydrogen) atoms. The Labute approximate surface area is 187 Å². The largest absolute Gasteiger partial charge is 0.497 e. The van der Waals surface area contributed by atoms with Crippen LogP contribution in [0.15, 0.2) is 59.8 Å². The summed E-state index contributed by atoms with van der Waals surface area (Å²) in [6.07, 6.45) is -0.304. The zero-order valence-electron chi connectivity index (χ0n) is 18.8. The van der Waals surface area contributed by atoms with E-state index in [4.69, 9.17) is 9.47 Å². The van der Waals surface area contributed by atoms with Crippen LogP contribution in [0.25, 0.3) is 0 Å². The lowest BCUT2D eigenvalue weighted by molar-refractivity contribution is -0.143. The van der Waals surface area contributed by atoms with Crippen LogP contribution in [0, 0.1) is 0 Å². The first-order chi connectivity index (χ1) is 15.2. The molecule has 8 heteroatoms. The van der Waals surface area contributed by atoms with Gasteiger partial charge in [0.15, 0.2) is 0 Å². The summed E-state index contributed by atoms with van der Waals surface area (Å²) >= 11 is 0. The number of hydrogen-bond donors (Lipinski definition) is 2. The van der Waals surface area contributed by atoms with Gasteiger partial charge in [0.25, 0.3) is 5.91 Å². The molecule has 3 amide bonds. The summed E-state index contributed by atoms with van der Waals surface area (Å²) in [4.78, 5) is 39.3. The molecule has 0 bridgehead atoms. The Morgan fingerprint density at radius 1 is 1.12 bits per heavy atom. The third-order valence-electron chi connectivity index (χ3n) is 5.15. The highest BCUT2D eigenvalue weighted by Gasteiger charge is 2.35. The highest BCUT2D eigenvalue weighted by molar-refractivity contribution is 6.04. The number of hydrogen-bond acceptors (Lipinski definition) is 5. The van der Waals surface area contributed by atoms with Gasteiger partial charge in [0.05, 0.1) is 24.8 Å². The predicted molar refractivity (Wildman–Crippen MR) is 120 cm³/mol. The van der Waals surface area contributed by atoms with Gasteiger partial charge in [-0.15, -0.1) is 0 Å². The normalized spacial score (nSPS) is 16.0. The summed E-state index contributed by atoms with van der Waals surface area (Å²) < 4.78 is 10.5. The fourth-order valence-electron chi connectivity index (χ4n) is 3.37. The highest BCUT2D eigenvalue weighted by Crippen LogP contribution is 2.32. The quantitative estimate of drug-likeness (QED) is 0.669. The SMILES string of the molecule is COc1ccc(C(=O)Nc2cccc([C@H]3NC(=O)N(C)C(C)=C3C(=O)OC(C)C)c2)cc1. The monoisotopic (exact) mass is 437 g/mol. The van der Waals surface area contributed by atoms with Crippen LogP contribution in [0.1, 0.15) is 42.7 Å². The standard InChI is InChI=1S/C24H27N3O5/c1-14(2)32-23(29)20-15(3)27(4)24(30)26-21(20)17-7-6-8-18(13-17)25-22(28)16-9-11-19(31-5)12-10-16/h6-14,21H,1-5H3,(H,25,28)(H,26,30)/t21-/m1/s1. The molecule has 8 nitrogen and oxygen atoms in total. The molecule has 0 saturated heterocycles. The van der Waals surface area contributed by atoms with E-state index in [0.29, 0.717) is 33.8 Å². The molecule has 0 aliphatic carbocycles. The van der Waals surface area contributed by atoms with E-state index in [0.717, 1.165) is 0 Å². The molecule has 1 heterocycles. The van der Waals surface area contributed by atoms with Crippen molar-refractivity contribution in [2.45, 2.75) is 32.9 Å². The Kier molecular flexibility index (Phi) is 6.82. The van der Waals surface area contributed by atoms with E-state index >= 15 is 0 Å². The topological polar surface area (TPSA) is 97.0 Å². The number of nitrogens with zero attached hydrogens (tertiary/aromatic N) is 1. The molecular weight excluding hydrogens is 410 g/mol. The molecule has 0 saturated carbocycles. The molecule has 2 aromatic rings. The van der Waals surface area contributed by atoms with Crippen LogP contribution < -0.4 is 15.4 Å². The van der Waals surface area contributed by atoms with Gasteiger partial charge in [-0.3, -0.25) is 4.79 Å². The summed E-state index contributed by atoms with van der Waals surface area (Å²) in [7, 11) is 3.15. The Morgan fingerprint density at radius 3 is 2.44 bits per heavy atom. The molecule has 0 radical (unpaired) electrons. The maximum absolute atomic E-state index is 12.8. The van der Waals surface area contributed by atoms with Crippen LogP contribution in [0.3, 0.4) is 0 Å². The van der Waals surface area contributed by atoms with Crippen molar-refractivity contribution >= 4 is 23.6 Å². The summed E-state index contributed by atoms with van der Waals surface area (Å²) in [6, 6.07) is 12.7. The molecular formula is C24H27N3O5. The molecule has 1 aliphatic rings. The van der Waals surface area contributed by atoms with Crippen molar-refractivity contribution in [1.82, 2.24) is 10.2 Å². The van der Waals surface area contributed by atoms with Gasteiger partial charge in [-0.2, -0.15) is 0 Å². The van der Waals surface area contributed by atoms with Crippen LogP contribution in [-0.4, -0.2) is 43.1 Å². The molecule has 2 aromatic carbocycles. The lowest BCUT2D eigenvalue weighted by Gasteiger charge is -2.33. The molecule has 0 unspecified atom stereocenters. The van der Waals surface area contributed by atoms with Crippen molar-refractivity contribution in [3.8, 4) is 5.75 Å². The molecule has 168 valence electrons. The van der Waals surface area contributed by atoms with Crippen molar-refractivity contribution in [1.29, 1.82) is 0 Å². The number of urea groups is 1. The van der Waals surface area contributed by atoms with Gasteiger partial charge in [-0.1, -0.05) is 12.1 Å². The molecule has 0 spiro atoms. The number of anilines is 1. The average molecular weight is 437 g/mol. The second-order valence-corrected chi connectivity index (χ2v) is 7.70. The van der Waals surface area contributed by atoms with Crippen LogP contribution in [0.2, 0.25) is 0 Å². The number of carbonyl (C=O) groups excluding carboxylic acids is 3. The number of methoxy groups -OCH3 is 1. The van der Waals surface area contributed by atoms with E-state index < -0.39 is 12.0 Å². The fraction of sp³-hybridized carbons (Fsp3) is 0.292. The molecule has 1 atom stereocenters. The van der Waals surface area contributed by atoms with Gasteiger partial charge in [0.2, 0.25) is 0 Å². The second-order valence-electron chi connectivity index (χ2n) is 7.70. The van der Waals surface area contributed by atoms with Crippen molar-refractivity contribution < 1.29 is 23.9 Å². The van der Waals surface area contributed by atoms with E-state index in [9.17, 15) is 14.4 Å². The van der Waals surface area contributed by atoms with Gasteiger partial charge < -0.3 is 25.0 Å². The zero-order chi connectivity index (χ0) is 23.4. The van der Waals surface area contributed by atoms with Crippen LogP contribution >= 0.6 is 0 Å². The first-order valence-corrected chi connectivity index (χ1v) is 10.2. The lowest BCUT2D eigenvalue weighted by Crippen LogP contribution is -2.46. The number of ether oxygens (including phenoxy) is 2. The number of nitrogens with one attached hydrogen (secondary N) is 2. The summed E-state index contributed by atoms with van der Waals surface area (Å²) in [5, 5.41) is 5.69. The first kappa shape index (κ1) is 22.9. The summed E-state index contributed by atoms with van der Waals surface area (Å²) in [5.74, 6) is -0.130. The van der Waals surface area contributed by atoms with E-state index in [1.165, 1.54) is 4.90 Å². The maximum Gasteiger partial charge on any atom is 0.338 e.